The monoisotopic (exact) mass is 752 g/mol. The fourth-order valence-electron chi connectivity index (χ4n) is 6.69. The van der Waals surface area contributed by atoms with Crippen molar-refractivity contribution in [2.75, 3.05) is 30.3 Å². The van der Waals surface area contributed by atoms with E-state index in [9.17, 15) is 33.6 Å². The third kappa shape index (κ3) is 7.64. The molecule has 1 fully saturated rings. The van der Waals surface area contributed by atoms with Crippen LogP contribution in [0.2, 0.25) is 0 Å². The third-order valence-corrected chi connectivity index (χ3v) is 9.53. The Bertz CT molecular complexity index is 2420. The lowest BCUT2D eigenvalue weighted by Gasteiger charge is -2.27. The molecule has 56 heavy (non-hydrogen) atoms. The topological polar surface area (TPSA) is 222 Å². The minimum absolute atomic E-state index is 0.00960. The molecular weight excluding hydrogens is 716 g/mol. The first-order valence-corrected chi connectivity index (χ1v) is 17.9. The molecule has 2 aliphatic heterocycles. The van der Waals surface area contributed by atoms with E-state index < -0.39 is 35.6 Å². The van der Waals surface area contributed by atoms with Gasteiger partial charge in [-0.15, -0.1) is 0 Å². The maximum absolute atomic E-state index is 13.3. The van der Waals surface area contributed by atoms with Crippen molar-refractivity contribution in [3.8, 4) is 11.1 Å². The molecule has 1 atom stereocenters. The van der Waals surface area contributed by atoms with Gasteiger partial charge in [0, 0.05) is 48.0 Å². The van der Waals surface area contributed by atoms with Crippen LogP contribution in [-0.2, 0) is 14.4 Å². The van der Waals surface area contributed by atoms with E-state index in [4.69, 9.17) is 5.73 Å². The number of nitrogens with one attached hydrogen (secondary N) is 5. The molecule has 1 aromatic heterocycles. The molecule has 5 aromatic rings. The number of carbonyl (C=O) groups is 7. The molecule has 0 spiro atoms. The normalized spacial score (nSPS) is 14.9. The average Bonchev–Trinajstić information content (AvgIpc) is 3.46. The highest BCUT2D eigenvalue weighted by Gasteiger charge is 2.45. The van der Waals surface area contributed by atoms with Crippen LogP contribution < -0.4 is 32.3 Å². The summed E-state index contributed by atoms with van der Waals surface area (Å²) in [6, 6.07) is 25.7. The number of para-hydroxylation sites is 1. The quantitative estimate of drug-likeness (QED) is 0.0759. The molecule has 282 valence electrons. The number of rotatable bonds is 13. The number of aromatic nitrogens is 1. The fraction of sp³-hybridized carbons (Fsp3) is 0.171. The number of pyridine rings is 1. The van der Waals surface area contributed by atoms with Gasteiger partial charge in [0.15, 0.2) is 0 Å². The lowest BCUT2D eigenvalue weighted by atomic mass is 9.99. The number of benzene rings is 4. The number of nitrogens with two attached hydrogens (primary N) is 1. The van der Waals surface area contributed by atoms with E-state index in [-0.39, 0.29) is 60.1 Å². The SMILES string of the molecule is NC(=O)c1cnc2ccc(-c3ccc(C(=O)NCCCNC(=O)CNc4cccc5c4C(=O)N(C4CCC(=O)NC4=O)C5=O)cc3)cc2c1Nc1ccccc1. The Morgan fingerprint density at radius 2 is 1.59 bits per heavy atom. The number of amides is 7. The summed E-state index contributed by atoms with van der Waals surface area (Å²) in [4.78, 5) is 93.3. The molecule has 1 unspecified atom stereocenters. The summed E-state index contributed by atoms with van der Waals surface area (Å²) < 4.78 is 0. The van der Waals surface area contributed by atoms with Gasteiger partial charge in [-0.3, -0.25) is 48.8 Å². The number of hydrogen-bond donors (Lipinski definition) is 6. The molecular formula is C41H36N8O7. The number of imide groups is 2. The van der Waals surface area contributed by atoms with Gasteiger partial charge in [0.25, 0.3) is 23.6 Å². The average molecular weight is 753 g/mol. The Morgan fingerprint density at radius 3 is 2.34 bits per heavy atom. The standard InChI is InChI=1S/C41H36N8O7/c42-37(52)29-21-45-30-15-14-25(20-28(30)36(29)47-26-6-2-1-3-7-26)23-10-12-24(13-11-23)38(53)44-19-5-18-43-34(51)22-46-31-9-4-8-27-35(31)41(56)49(40(27)55)32-16-17-33(50)48-39(32)54/h1-4,6-15,20-21,32,46H,5,16-19,22H2,(H2,42,52)(H,43,51)(H,44,53)(H,45,47)(H,48,50,54). The van der Waals surface area contributed by atoms with Crippen LogP contribution in [0.1, 0.15) is 60.7 Å². The van der Waals surface area contributed by atoms with Gasteiger partial charge in [-0.1, -0.05) is 42.5 Å². The Balaban J connectivity index is 0.898. The highest BCUT2D eigenvalue weighted by atomic mass is 16.2. The van der Waals surface area contributed by atoms with Crippen LogP contribution in [0.5, 0.6) is 0 Å². The molecule has 7 rings (SSSR count). The van der Waals surface area contributed by atoms with E-state index in [0.717, 1.165) is 21.7 Å². The summed E-state index contributed by atoms with van der Waals surface area (Å²) in [7, 11) is 0. The maximum Gasteiger partial charge on any atom is 0.264 e. The van der Waals surface area contributed by atoms with Crippen LogP contribution in [0.3, 0.4) is 0 Å². The maximum atomic E-state index is 13.3. The first-order chi connectivity index (χ1) is 27.1. The van der Waals surface area contributed by atoms with E-state index >= 15 is 0 Å². The number of anilines is 3. The Hall–Kier alpha value is -7.42. The smallest absolute Gasteiger partial charge is 0.264 e. The lowest BCUT2D eigenvalue weighted by molar-refractivity contribution is -0.136. The molecule has 2 aliphatic rings. The van der Waals surface area contributed by atoms with Crippen molar-refractivity contribution >= 4 is 69.3 Å². The first-order valence-electron chi connectivity index (χ1n) is 17.9. The predicted molar refractivity (Wildman–Crippen MR) is 207 cm³/mol. The zero-order valence-electron chi connectivity index (χ0n) is 29.9. The minimum atomic E-state index is -1.09. The van der Waals surface area contributed by atoms with Crippen molar-refractivity contribution in [1.82, 2.24) is 25.8 Å². The lowest BCUT2D eigenvalue weighted by Crippen LogP contribution is -2.54. The molecule has 0 bridgehead atoms. The fourth-order valence-corrected chi connectivity index (χ4v) is 6.69. The molecule has 7 amide bonds. The molecule has 3 heterocycles. The summed E-state index contributed by atoms with van der Waals surface area (Å²) in [5.74, 6) is -3.74. The highest BCUT2D eigenvalue weighted by molar-refractivity contribution is 6.25. The third-order valence-electron chi connectivity index (χ3n) is 9.53. The molecule has 15 heteroatoms. The van der Waals surface area contributed by atoms with Crippen LogP contribution >= 0.6 is 0 Å². The summed E-state index contributed by atoms with van der Waals surface area (Å²) >= 11 is 0. The number of fused-ring (bicyclic) bond motifs is 2. The summed E-state index contributed by atoms with van der Waals surface area (Å²) in [6.07, 6.45) is 1.95. The van der Waals surface area contributed by atoms with Gasteiger partial charge >= 0.3 is 0 Å². The number of primary amides is 1. The highest BCUT2D eigenvalue weighted by Crippen LogP contribution is 2.34. The molecule has 4 aromatic carbocycles. The Labute approximate surface area is 320 Å². The van der Waals surface area contributed by atoms with Gasteiger partial charge in [0.05, 0.1) is 34.4 Å². The predicted octanol–water partition coefficient (Wildman–Crippen LogP) is 3.49. The van der Waals surface area contributed by atoms with E-state index in [1.54, 1.807) is 24.3 Å². The van der Waals surface area contributed by atoms with E-state index in [0.29, 0.717) is 35.1 Å². The number of hydrogen-bond acceptors (Lipinski definition) is 10. The van der Waals surface area contributed by atoms with Gasteiger partial charge in [-0.2, -0.15) is 0 Å². The summed E-state index contributed by atoms with van der Waals surface area (Å²) in [5.41, 5.74) is 10.5. The summed E-state index contributed by atoms with van der Waals surface area (Å²) in [6.45, 7) is 0.368. The largest absolute Gasteiger partial charge is 0.375 e. The van der Waals surface area contributed by atoms with Gasteiger partial charge in [0.1, 0.15) is 6.04 Å². The van der Waals surface area contributed by atoms with Crippen molar-refractivity contribution in [2.24, 2.45) is 5.73 Å². The first kappa shape index (κ1) is 36.9. The van der Waals surface area contributed by atoms with Crippen molar-refractivity contribution in [3.63, 3.8) is 0 Å². The van der Waals surface area contributed by atoms with E-state index in [2.05, 4.69) is 31.6 Å². The minimum Gasteiger partial charge on any atom is -0.375 e. The molecule has 0 radical (unpaired) electrons. The van der Waals surface area contributed by atoms with Gasteiger partial charge < -0.3 is 27.0 Å². The van der Waals surface area contributed by atoms with Gasteiger partial charge in [0.2, 0.25) is 17.7 Å². The molecule has 0 aliphatic carbocycles. The van der Waals surface area contributed by atoms with Crippen LogP contribution in [0.15, 0.2) is 97.2 Å². The molecule has 7 N–H and O–H groups in total. The summed E-state index contributed by atoms with van der Waals surface area (Å²) in [5, 5.41) is 14.7. The molecule has 15 nitrogen and oxygen atoms in total. The van der Waals surface area contributed by atoms with Crippen molar-refractivity contribution < 1.29 is 33.6 Å². The van der Waals surface area contributed by atoms with Crippen LogP contribution in [0.25, 0.3) is 22.0 Å². The number of carbonyl (C=O) groups excluding carboxylic acids is 7. The van der Waals surface area contributed by atoms with Crippen LogP contribution in [0, 0.1) is 0 Å². The van der Waals surface area contributed by atoms with Crippen molar-refractivity contribution in [3.05, 3.63) is 119 Å². The van der Waals surface area contributed by atoms with Crippen LogP contribution in [-0.4, -0.2) is 76.9 Å². The van der Waals surface area contributed by atoms with Gasteiger partial charge in [-0.05, 0) is 72.5 Å². The van der Waals surface area contributed by atoms with E-state index in [1.807, 2.05) is 60.7 Å². The second-order valence-electron chi connectivity index (χ2n) is 13.2. The Morgan fingerprint density at radius 1 is 0.839 bits per heavy atom. The van der Waals surface area contributed by atoms with Crippen molar-refractivity contribution in [1.29, 1.82) is 0 Å². The molecule has 0 saturated carbocycles. The zero-order valence-corrected chi connectivity index (χ0v) is 29.9. The number of piperidine rings is 1. The zero-order chi connectivity index (χ0) is 39.3. The second kappa shape index (κ2) is 15.9. The number of nitrogens with zero attached hydrogens (tertiary/aromatic N) is 2. The van der Waals surface area contributed by atoms with Crippen molar-refractivity contribution in [2.45, 2.75) is 25.3 Å². The van der Waals surface area contributed by atoms with Crippen LogP contribution in [0.4, 0.5) is 17.1 Å². The second-order valence-corrected chi connectivity index (χ2v) is 13.2. The van der Waals surface area contributed by atoms with Gasteiger partial charge in [-0.25, -0.2) is 0 Å². The Kier molecular flexibility index (Phi) is 10.5. The van der Waals surface area contributed by atoms with E-state index in [1.165, 1.54) is 12.3 Å². The molecule has 1 saturated heterocycles.